The highest BCUT2D eigenvalue weighted by Gasteiger charge is 2.56. The molecule has 0 spiro atoms. The molecule has 1 fully saturated rings. The van der Waals surface area contributed by atoms with Crippen LogP contribution in [-0.2, 0) is 19.4 Å². The van der Waals surface area contributed by atoms with Crippen molar-refractivity contribution in [2.24, 2.45) is 0 Å². The highest BCUT2D eigenvalue weighted by atomic mass is 17.4. The van der Waals surface area contributed by atoms with E-state index in [1.54, 1.807) is 0 Å². The van der Waals surface area contributed by atoms with E-state index in [2.05, 4.69) is 9.78 Å². The minimum atomic E-state index is -1.41. The molecule has 0 unspecified atom stereocenters. The molecule has 0 aromatic rings. The number of hydrogen-bond acceptors (Lipinski definition) is 4. The maximum absolute atomic E-state index is 10.6. The van der Waals surface area contributed by atoms with Gasteiger partial charge in [0.1, 0.15) is 0 Å². The van der Waals surface area contributed by atoms with Gasteiger partial charge >= 0.3 is 17.7 Å². The van der Waals surface area contributed by atoms with E-state index in [4.69, 9.17) is 10.2 Å². The van der Waals surface area contributed by atoms with Gasteiger partial charge in [-0.1, -0.05) is 12.8 Å². The van der Waals surface area contributed by atoms with Crippen molar-refractivity contribution in [3.05, 3.63) is 0 Å². The fourth-order valence-corrected chi connectivity index (χ4v) is 1.30. The highest BCUT2D eigenvalue weighted by molar-refractivity contribution is 5.76. The normalized spacial score (nSPS) is 17.3. The van der Waals surface area contributed by atoms with Crippen LogP contribution in [0.25, 0.3) is 0 Å². The molecule has 0 radical (unpaired) electrons. The lowest BCUT2D eigenvalue weighted by Crippen LogP contribution is -2.23. The predicted molar refractivity (Wildman–Crippen MR) is 47.9 cm³/mol. The summed E-state index contributed by atoms with van der Waals surface area (Å²) in [5, 5.41) is 17.0. The average Bonchev–Trinajstić information content (AvgIpc) is 2.91. The second-order valence-electron chi connectivity index (χ2n) is 3.53. The van der Waals surface area contributed by atoms with Gasteiger partial charge in [-0.25, -0.2) is 4.79 Å². The predicted octanol–water partition coefficient (Wildman–Crippen LogP) is 1.15. The summed E-state index contributed by atoms with van der Waals surface area (Å²) in [7, 11) is 0. The summed E-state index contributed by atoms with van der Waals surface area (Å²) in [4.78, 5) is 29.6. The number of rotatable bonds is 8. The molecule has 1 saturated heterocycles. The van der Waals surface area contributed by atoms with Gasteiger partial charge in [0.05, 0.1) is 0 Å². The maximum Gasteiger partial charge on any atom is 0.370 e. The zero-order valence-corrected chi connectivity index (χ0v) is 8.27. The highest BCUT2D eigenvalue weighted by Crippen LogP contribution is 2.35. The lowest BCUT2D eigenvalue weighted by Gasteiger charge is -2.01. The molecule has 0 aliphatic carbocycles. The van der Waals surface area contributed by atoms with Crippen molar-refractivity contribution in [3.8, 4) is 0 Å². The Hall–Kier alpha value is -1.14. The smallest absolute Gasteiger partial charge is 0.370 e. The molecule has 2 N–H and O–H groups in total. The molecule has 86 valence electrons. The van der Waals surface area contributed by atoms with E-state index >= 15 is 0 Å². The van der Waals surface area contributed by atoms with Crippen molar-refractivity contribution in [2.45, 2.75) is 44.3 Å². The van der Waals surface area contributed by atoms with Gasteiger partial charge < -0.3 is 10.2 Å². The van der Waals surface area contributed by atoms with E-state index in [0.717, 1.165) is 12.8 Å². The van der Waals surface area contributed by atoms with Crippen molar-refractivity contribution >= 4 is 11.9 Å². The number of hydrogen-bond donors (Lipinski definition) is 2. The molecule has 0 amide bonds. The molecule has 1 aliphatic rings. The molecule has 1 aliphatic heterocycles. The monoisotopic (exact) mass is 218 g/mol. The Balaban J connectivity index is 1.98. The molecule has 1 heterocycles. The van der Waals surface area contributed by atoms with Crippen LogP contribution >= 0.6 is 0 Å². The summed E-state index contributed by atoms with van der Waals surface area (Å²) in [6.07, 6.45) is 3.33. The van der Waals surface area contributed by atoms with Crippen LogP contribution in [0, 0.1) is 0 Å². The minimum absolute atomic E-state index is 0.164. The van der Waals surface area contributed by atoms with Crippen LogP contribution in [0.1, 0.15) is 38.5 Å². The Labute approximate surface area is 86.7 Å². The number of aliphatic carboxylic acids is 2. The van der Waals surface area contributed by atoms with Gasteiger partial charge in [0, 0.05) is 12.8 Å². The lowest BCUT2D eigenvalue weighted by atomic mass is 10.1. The number of carboxylic acids is 2. The summed E-state index contributed by atoms with van der Waals surface area (Å²) in [6, 6.07) is 0. The van der Waals surface area contributed by atoms with Crippen LogP contribution in [0.15, 0.2) is 0 Å². The second-order valence-corrected chi connectivity index (χ2v) is 3.53. The van der Waals surface area contributed by atoms with Gasteiger partial charge in [-0.15, -0.1) is 0 Å². The van der Waals surface area contributed by atoms with Gasteiger partial charge in [-0.3, -0.25) is 4.79 Å². The van der Waals surface area contributed by atoms with E-state index in [1.807, 2.05) is 0 Å². The molecule has 0 aromatic carbocycles. The van der Waals surface area contributed by atoms with Crippen LogP contribution in [-0.4, -0.2) is 27.9 Å². The zero-order chi connectivity index (χ0) is 11.3. The van der Waals surface area contributed by atoms with Gasteiger partial charge in [0.15, 0.2) is 0 Å². The topological polar surface area (TPSA) is 99.7 Å². The molecule has 1 rings (SSSR count). The fourth-order valence-electron chi connectivity index (χ4n) is 1.30. The average molecular weight is 218 g/mol. The minimum Gasteiger partial charge on any atom is -0.481 e. The number of unbranched alkanes of at least 4 members (excludes halogenated alkanes) is 3. The summed E-state index contributed by atoms with van der Waals surface area (Å²) in [5.74, 6) is -3.31. The van der Waals surface area contributed by atoms with Crippen molar-refractivity contribution in [2.75, 3.05) is 0 Å². The van der Waals surface area contributed by atoms with Crippen molar-refractivity contribution in [1.29, 1.82) is 0 Å². The standard InChI is InChI=1S/C9H14O6/c10-7(11)5-3-1-2-4-6-9(8(12)13)14-15-9/h1-6H2,(H,10,11)(H,12,13). The Morgan fingerprint density at radius 3 is 2.07 bits per heavy atom. The molecule has 0 aromatic heterocycles. The molecule has 0 atom stereocenters. The first-order chi connectivity index (χ1) is 7.07. The van der Waals surface area contributed by atoms with E-state index in [-0.39, 0.29) is 6.42 Å². The van der Waals surface area contributed by atoms with E-state index in [0.29, 0.717) is 19.3 Å². The molecule has 0 saturated carbocycles. The third-order valence-corrected chi connectivity index (χ3v) is 2.26. The van der Waals surface area contributed by atoms with Gasteiger partial charge in [-0.2, -0.15) is 9.78 Å². The number of carbonyl (C=O) groups is 2. The molecule has 15 heavy (non-hydrogen) atoms. The summed E-state index contributed by atoms with van der Waals surface area (Å²) in [6.45, 7) is 0. The first-order valence-corrected chi connectivity index (χ1v) is 4.89. The Kier molecular flexibility index (Phi) is 4.05. The maximum atomic E-state index is 10.6. The third kappa shape index (κ3) is 3.85. The molecule has 0 bridgehead atoms. The molecule has 6 nitrogen and oxygen atoms in total. The largest absolute Gasteiger partial charge is 0.481 e. The van der Waals surface area contributed by atoms with E-state index in [9.17, 15) is 9.59 Å². The number of carboxylic acid groups (broad SMARTS) is 2. The fraction of sp³-hybridized carbons (Fsp3) is 0.778. The lowest BCUT2D eigenvalue weighted by molar-refractivity contribution is -0.144. The summed E-state index contributed by atoms with van der Waals surface area (Å²) in [5.41, 5.74) is 0. The van der Waals surface area contributed by atoms with E-state index < -0.39 is 17.7 Å². The van der Waals surface area contributed by atoms with Crippen LogP contribution in [0.3, 0.4) is 0 Å². The van der Waals surface area contributed by atoms with Crippen molar-refractivity contribution < 1.29 is 29.6 Å². The van der Waals surface area contributed by atoms with Crippen LogP contribution < -0.4 is 0 Å². The Morgan fingerprint density at radius 1 is 1.00 bits per heavy atom. The molecule has 6 heteroatoms. The quantitative estimate of drug-likeness (QED) is 0.360. The first kappa shape index (κ1) is 11.9. The van der Waals surface area contributed by atoms with Crippen LogP contribution in [0.4, 0.5) is 0 Å². The van der Waals surface area contributed by atoms with Gasteiger partial charge in [0.25, 0.3) is 0 Å². The molecular formula is C9H14O6. The van der Waals surface area contributed by atoms with Crippen LogP contribution in [0.5, 0.6) is 0 Å². The van der Waals surface area contributed by atoms with Crippen molar-refractivity contribution in [3.63, 3.8) is 0 Å². The molecular weight excluding hydrogens is 204 g/mol. The second kappa shape index (κ2) is 5.09. The van der Waals surface area contributed by atoms with Gasteiger partial charge in [0.2, 0.25) is 0 Å². The van der Waals surface area contributed by atoms with Gasteiger partial charge in [-0.05, 0) is 12.8 Å². The van der Waals surface area contributed by atoms with E-state index in [1.165, 1.54) is 0 Å². The zero-order valence-electron chi connectivity index (χ0n) is 8.27. The SMILES string of the molecule is O=C(O)CCCCCCC1(C(=O)O)OO1. The van der Waals surface area contributed by atoms with Crippen molar-refractivity contribution in [1.82, 2.24) is 0 Å². The Bertz CT molecular complexity index is 245. The van der Waals surface area contributed by atoms with Crippen LogP contribution in [0.2, 0.25) is 0 Å². The Morgan fingerprint density at radius 2 is 1.60 bits per heavy atom. The third-order valence-electron chi connectivity index (χ3n) is 2.26. The summed E-state index contributed by atoms with van der Waals surface area (Å²) < 4.78 is 0. The first-order valence-electron chi connectivity index (χ1n) is 4.89. The summed E-state index contributed by atoms with van der Waals surface area (Å²) >= 11 is 0.